The van der Waals surface area contributed by atoms with E-state index in [1.165, 1.54) is 16.7 Å². The Kier molecular flexibility index (Phi) is 5.13. The van der Waals surface area contributed by atoms with Gasteiger partial charge in [0.2, 0.25) is 11.8 Å². The van der Waals surface area contributed by atoms with Crippen molar-refractivity contribution in [2.75, 3.05) is 0 Å². The maximum Gasteiger partial charge on any atom is 0.226 e. The molecular weight excluding hydrogens is 304 g/mol. The molecule has 0 saturated carbocycles. The first kappa shape index (κ1) is 15.8. The highest BCUT2D eigenvalue weighted by molar-refractivity contribution is 7.98. The fourth-order valence-corrected chi connectivity index (χ4v) is 3.74. The summed E-state index contributed by atoms with van der Waals surface area (Å²) in [5.74, 6) is 2.11. The molecule has 0 amide bonds. The van der Waals surface area contributed by atoms with E-state index in [-0.39, 0.29) is 5.25 Å². The molecule has 1 heterocycles. The Balaban J connectivity index is 1.85. The molecule has 0 aliphatic carbocycles. The smallest absolute Gasteiger partial charge is 0.226 e. The van der Waals surface area contributed by atoms with E-state index in [4.69, 9.17) is 4.42 Å². The van der Waals surface area contributed by atoms with Gasteiger partial charge in [-0.15, -0.1) is 22.0 Å². The maximum atomic E-state index is 5.64. The number of thioether (sulfide) groups is 1. The Hall–Kier alpha value is -2.07. The third-order valence-electron chi connectivity index (χ3n) is 3.76. The fraction of sp³-hybridized carbons (Fsp3) is 0.263. The summed E-state index contributed by atoms with van der Waals surface area (Å²) >= 11 is 1.82. The molecule has 0 radical (unpaired) electrons. The van der Waals surface area contributed by atoms with Crippen LogP contribution in [0.5, 0.6) is 0 Å². The Bertz CT molecular complexity index is 755. The van der Waals surface area contributed by atoms with Crippen molar-refractivity contribution in [3.8, 4) is 0 Å². The van der Waals surface area contributed by atoms with Gasteiger partial charge in [0, 0.05) is 6.42 Å². The molecule has 0 aliphatic rings. The van der Waals surface area contributed by atoms with Crippen molar-refractivity contribution >= 4 is 11.8 Å². The highest BCUT2D eigenvalue weighted by atomic mass is 32.2. The second-order valence-corrected chi connectivity index (χ2v) is 6.49. The van der Waals surface area contributed by atoms with E-state index in [1.807, 2.05) is 18.7 Å². The van der Waals surface area contributed by atoms with Gasteiger partial charge in [-0.25, -0.2) is 0 Å². The van der Waals surface area contributed by atoms with Gasteiger partial charge >= 0.3 is 0 Å². The molecule has 0 saturated heterocycles. The van der Waals surface area contributed by atoms with Gasteiger partial charge in [-0.3, -0.25) is 0 Å². The lowest BCUT2D eigenvalue weighted by Crippen LogP contribution is -2.00. The SMILES string of the molecule is CCc1nnc(CSC(c2ccccc2)c2ccccc2C)o1. The summed E-state index contributed by atoms with van der Waals surface area (Å²) in [6, 6.07) is 19.1. The molecular formula is C19H20N2OS. The zero-order chi connectivity index (χ0) is 16.1. The highest BCUT2D eigenvalue weighted by Gasteiger charge is 2.18. The molecule has 3 nitrogen and oxygen atoms in total. The van der Waals surface area contributed by atoms with Gasteiger partial charge in [0.15, 0.2) is 0 Å². The molecule has 3 aromatic rings. The predicted octanol–water partition coefficient (Wildman–Crippen LogP) is 4.96. The molecule has 3 rings (SSSR count). The van der Waals surface area contributed by atoms with Crippen LogP contribution in [0.25, 0.3) is 0 Å². The summed E-state index contributed by atoms with van der Waals surface area (Å²) in [5, 5.41) is 8.44. The molecule has 1 unspecified atom stereocenters. The fourth-order valence-electron chi connectivity index (χ4n) is 2.52. The average molecular weight is 324 g/mol. The first-order valence-electron chi connectivity index (χ1n) is 7.81. The number of hydrogen-bond acceptors (Lipinski definition) is 4. The molecule has 1 aromatic heterocycles. The number of aryl methyl sites for hydroxylation is 2. The zero-order valence-corrected chi connectivity index (χ0v) is 14.2. The van der Waals surface area contributed by atoms with E-state index >= 15 is 0 Å². The molecule has 0 spiro atoms. The Morgan fingerprint density at radius 3 is 2.35 bits per heavy atom. The van der Waals surface area contributed by atoms with Crippen LogP contribution in [0.1, 0.15) is 40.6 Å². The second-order valence-electron chi connectivity index (χ2n) is 5.40. The number of hydrogen-bond donors (Lipinski definition) is 0. The van der Waals surface area contributed by atoms with Crippen LogP contribution in [0.4, 0.5) is 0 Å². The van der Waals surface area contributed by atoms with Crippen LogP contribution in [-0.4, -0.2) is 10.2 Å². The number of aromatic nitrogens is 2. The first-order chi connectivity index (χ1) is 11.3. The van der Waals surface area contributed by atoms with Gasteiger partial charge in [0.1, 0.15) is 0 Å². The monoisotopic (exact) mass is 324 g/mol. The van der Waals surface area contributed by atoms with Crippen LogP contribution in [0, 0.1) is 6.92 Å². The van der Waals surface area contributed by atoms with Gasteiger partial charge < -0.3 is 4.42 Å². The normalized spacial score (nSPS) is 12.3. The van der Waals surface area contributed by atoms with E-state index in [2.05, 4.69) is 71.7 Å². The predicted molar refractivity (Wildman–Crippen MR) is 94.4 cm³/mol. The van der Waals surface area contributed by atoms with Crippen LogP contribution in [-0.2, 0) is 12.2 Å². The van der Waals surface area contributed by atoms with Crippen LogP contribution in [0.15, 0.2) is 59.0 Å². The van der Waals surface area contributed by atoms with Crippen molar-refractivity contribution < 1.29 is 4.42 Å². The molecule has 0 fully saturated rings. The third kappa shape index (κ3) is 3.82. The van der Waals surface area contributed by atoms with Crippen LogP contribution in [0.3, 0.4) is 0 Å². The van der Waals surface area contributed by atoms with E-state index < -0.39 is 0 Å². The minimum absolute atomic E-state index is 0.259. The van der Waals surface area contributed by atoms with Gasteiger partial charge in [-0.2, -0.15) is 0 Å². The van der Waals surface area contributed by atoms with Crippen molar-refractivity contribution in [3.63, 3.8) is 0 Å². The van der Waals surface area contributed by atoms with Crippen LogP contribution in [0.2, 0.25) is 0 Å². The third-order valence-corrected chi connectivity index (χ3v) is 5.03. The summed E-state index contributed by atoms with van der Waals surface area (Å²) < 4.78 is 5.64. The van der Waals surface area contributed by atoms with Crippen molar-refractivity contribution in [1.82, 2.24) is 10.2 Å². The van der Waals surface area contributed by atoms with E-state index in [0.717, 1.165) is 6.42 Å². The number of nitrogens with zero attached hydrogens (tertiary/aromatic N) is 2. The van der Waals surface area contributed by atoms with Crippen LogP contribution < -0.4 is 0 Å². The lowest BCUT2D eigenvalue weighted by Gasteiger charge is -2.19. The van der Waals surface area contributed by atoms with Crippen molar-refractivity contribution in [2.24, 2.45) is 0 Å². The van der Waals surface area contributed by atoms with Gasteiger partial charge in [-0.1, -0.05) is 61.5 Å². The van der Waals surface area contributed by atoms with Crippen LogP contribution >= 0.6 is 11.8 Å². The average Bonchev–Trinajstić information content (AvgIpc) is 3.06. The minimum Gasteiger partial charge on any atom is -0.424 e. The van der Waals surface area contributed by atoms with Crippen molar-refractivity contribution in [2.45, 2.75) is 31.3 Å². The highest BCUT2D eigenvalue weighted by Crippen LogP contribution is 2.38. The molecule has 4 heteroatoms. The molecule has 0 N–H and O–H groups in total. The lowest BCUT2D eigenvalue weighted by atomic mass is 10.0. The molecule has 0 bridgehead atoms. The molecule has 118 valence electrons. The quantitative estimate of drug-likeness (QED) is 0.642. The summed E-state index contributed by atoms with van der Waals surface area (Å²) in [6.07, 6.45) is 0.775. The van der Waals surface area contributed by atoms with Gasteiger partial charge in [0.05, 0.1) is 11.0 Å². The second kappa shape index (κ2) is 7.47. The Labute approximate surface area is 141 Å². The number of rotatable bonds is 6. The van der Waals surface area contributed by atoms with E-state index in [1.54, 1.807) is 0 Å². The van der Waals surface area contributed by atoms with Crippen molar-refractivity contribution in [1.29, 1.82) is 0 Å². The lowest BCUT2D eigenvalue weighted by molar-refractivity contribution is 0.470. The molecule has 0 aliphatic heterocycles. The Morgan fingerprint density at radius 1 is 0.957 bits per heavy atom. The zero-order valence-electron chi connectivity index (χ0n) is 13.4. The van der Waals surface area contributed by atoms with Crippen molar-refractivity contribution in [3.05, 3.63) is 83.1 Å². The molecule has 2 aromatic carbocycles. The largest absolute Gasteiger partial charge is 0.424 e. The Morgan fingerprint density at radius 2 is 1.65 bits per heavy atom. The molecule has 1 atom stereocenters. The van der Waals surface area contributed by atoms with Gasteiger partial charge in [0.25, 0.3) is 0 Å². The summed E-state index contributed by atoms with van der Waals surface area (Å²) in [5.41, 5.74) is 3.93. The first-order valence-corrected chi connectivity index (χ1v) is 8.86. The number of benzene rings is 2. The summed E-state index contributed by atoms with van der Waals surface area (Å²) in [6.45, 7) is 4.18. The summed E-state index contributed by atoms with van der Waals surface area (Å²) in [4.78, 5) is 0. The van der Waals surface area contributed by atoms with E-state index in [0.29, 0.717) is 17.5 Å². The topological polar surface area (TPSA) is 38.9 Å². The molecule has 23 heavy (non-hydrogen) atoms. The van der Waals surface area contributed by atoms with E-state index in [9.17, 15) is 0 Å². The summed E-state index contributed by atoms with van der Waals surface area (Å²) in [7, 11) is 0. The minimum atomic E-state index is 0.259. The standard InChI is InChI=1S/C19H20N2OS/c1-3-17-20-21-18(22-17)13-23-19(15-10-5-4-6-11-15)16-12-8-7-9-14(16)2/h4-12,19H,3,13H2,1-2H3. The maximum absolute atomic E-state index is 5.64. The van der Waals surface area contributed by atoms with Gasteiger partial charge in [-0.05, 0) is 23.6 Å².